The van der Waals surface area contributed by atoms with Crippen LogP contribution in [-0.2, 0) is 4.79 Å². The standard InChI is InChI=1S/C12H20OS/c1-2-3-7-11(13)10-14-12-8-5-4-6-9-12/h2,12H,1,3-10H2. The fourth-order valence-electron chi connectivity index (χ4n) is 1.78. The Bertz CT molecular complexity index is 183. The summed E-state index contributed by atoms with van der Waals surface area (Å²) in [5, 5.41) is 0.761. The molecular weight excluding hydrogens is 192 g/mol. The van der Waals surface area contributed by atoms with Crippen LogP contribution in [0.25, 0.3) is 0 Å². The Hall–Kier alpha value is -0.240. The molecule has 0 aromatic heterocycles. The summed E-state index contributed by atoms with van der Waals surface area (Å²) in [6, 6.07) is 0. The van der Waals surface area contributed by atoms with Crippen LogP contribution in [-0.4, -0.2) is 16.8 Å². The second kappa shape index (κ2) is 7.10. The summed E-state index contributed by atoms with van der Waals surface area (Å²) in [4.78, 5) is 11.4. The molecule has 1 saturated carbocycles. The monoisotopic (exact) mass is 212 g/mol. The van der Waals surface area contributed by atoms with E-state index in [4.69, 9.17) is 0 Å². The number of Topliss-reactive ketones (excluding diaryl/α,β-unsaturated/α-hetero) is 1. The van der Waals surface area contributed by atoms with Crippen molar-refractivity contribution in [1.29, 1.82) is 0 Å². The van der Waals surface area contributed by atoms with E-state index in [0.717, 1.165) is 17.4 Å². The summed E-state index contributed by atoms with van der Waals surface area (Å²) in [5.74, 6) is 1.11. The topological polar surface area (TPSA) is 17.1 Å². The van der Waals surface area contributed by atoms with Crippen molar-refractivity contribution in [3.05, 3.63) is 12.7 Å². The Balaban J connectivity index is 2.06. The van der Waals surface area contributed by atoms with Crippen molar-refractivity contribution >= 4 is 17.5 Å². The van der Waals surface area contributed by atoms with E-state index in [9.17, 15) is 4.79 Å². The van der Waals surface area contributed by atoms with E-state index in [-0.39, 0.29) is 0 Å². The maximum atomic E-state index is 11.4. The molecule has 0 bridgehead atoms. The lowest BCUT2D eigenvalue weighted by atomic mass is 10.0. The van der Waals surface area contributed by atoms with Crippen molar-refractivity contribution in [2.45, 2.75) is 50.2 Å². The van der Waals surface area contributed by atoms with Gasteiger partial charge < -0.3 is 0 Å². The van der Waals surface area contributed by atoms with Crippen molar-refractivity contribution in [3.8, 4) is 0 Å². The number of ketones is 1. The van der Waals surface area contributed by atoms with Gasteiger partial charge in [-0.2, -0.15) is 11.8 Å². The Morgan fingerprint density at radius 2 is 2.07 bits per heavy atom. The zero-order chi connectivity index (χ0) is 10.2. The smallest absolute Gasteiger partial charge is 0.143 e. The number of thioether (sulfide) groups is 1. The molecule has 0 radical (unpaired) electrons. The van der Waals surface area contributed by atoms with Gasteiger partial charge in [0.1, 0.15) is 5.78 Å². The molecular formula is C12H20OS. The Morgan fingerprint density at radius 1 is 1.36 bits per heavy atom. The van der Waals surface area contributed by atoms with Crippen LogP contribution in [0.1, 0.15) is 44.9 Å². The fourth-order valence-corrected chi connectivity index (χ4v) is 3.01. The first-order chi connectivity index (χ1) is 6.83. The van der Waals surface area contributed by atoms with E-state index < -0.39 is 0 Å². The minimum atomic E-state index is 0.389. The Kier molecular flexibility index (Phi) is 6.00. The van der Waals surface area contributed by atoms with Crippen molar-refractivity contribution in [2.75, 3.05) is 5.75 Å². The van der Waals surface area contributed by atoms with E-state index in [1.165, 1.54) is 32.1 Å². The van der Waals surface area contributed by atoms with Gasteiger partial charge in [0.25, 0.3) is 0 Å². The zero-order valence-corrected chi connectivity index (χ0v) is 9.65. The molecule has 0 atom stereocenters. The third-order valence-corrected chi connectivity index (χ3v) is 4.09. The van der Waals surface area contributed by atoms with Crippen LogP contribution >= 0.6 is 11.8 Å². The Morgan fingerprint density at radius 3 is 2.71 bits per heavy atom. The number of allylic oxidation sites excluding steroid dienone is 1. The second-order valence-corrected chi connectivity index (χ2v) is 5.23. The summed E-state index contributed by atoms with van der Waals surface area (Å²) in [7, 11) is 0. The molecule has 2 heteroatoms. The van der Waals surface area contributed by atoms with E-state index in [1.807, 2.05) is 17.8 Å². The molecule has 0 aromatic carbocycles. The fraction of sp³-hybridized carbons (Fsp3) is 0.750. The van der Waals surface area contributed by atoms with Crippen LogP contribution in [0.3, 0.4) is 0 Å². The van der Waals surface area contributed by atoms with Crippen LogP contribution in [0.15, 0.2) is 12.7 Å². The first kappa shape index (κ1) is 11.8. The van der Waals surface area contributed by atoms with Crippen LogP contribution in [0, 0.1) is 0 Å². The summed E-state index contributed by atoms with van der Waals surface area (Å²) < 4.78 is 0. The highest BCUT2D eigenvalue weighted by Gasteiger charge is 2.14. The number of rotatable bonds is 6. The SMILES string of the molecule is C=CCCC(=O)CSC1CCCCC1. The molecule has 1 nitrogen and oxygen atoms in total. The molecule has 0 saturated heterocycles. The van der Waals surface area contributed by atoms with Gasteiger partial charge in [-0.05, 0) is 19.3 Å². The Labute approximate surface area is 91.3 Å². The maximum absolute atomic E-state index is 11.4. The van der Waals surface area contributed by atoms with Crippen molar-refractivity contribution < 1.29 is 4.79 Å². The van der Waals surface area contributed by atoms with Crippen molar-refractivity contribution in [2.24, 2.45) is 0 Å². The normalized spacial score (nSPS) is 18.0. The largest absolute Gasteiger partial charge is 0.299 e. The molecule has 0 N–H and O–H groups in total. The molecule has 0 heterocycles. The minimum absolute atomic E-state index is 0.389. The van der Waals surface area contributed by atoms with Gasteiger partial charge in [0, 0.05) is 11.7 Å². The predicted octanol–water partition coefficient (Wildman–Crippen LogP) is 3.59. The average molecular weight is 212 g/mol. The highest BCUT2D eigenvalue weighted by atomic mass is 32.2. The minimum Gasteiger partial charge on any atom is -0.299 e. The summed E-state index contributed by atoms with van der Waals surface area (Å²) >= 11 is 1.87. The molecule has 1 aliphatic carbocycles. The molecule has 0 unspecified atom stereocenters. The van der Waals surface area contributed by atoms with Gasteiger partial charge in [-0.15, -0.1) is 6.58 Å². The van der Waals surface area contributed by atoms with E-state index in [1.54, 1.807) is 0 Å². The van der Waals surface area contributed by atoms with Gasteiger partial charge in [-0.25, -0.2) is 0 Å². The molecule has 0 amide bonds. The molecule has 1 fully saturated rings. The van der Waals surface area contributed by atoms with Gasteiger partial charge >= 0.3 is 0 Å². The lowest BCUT2D eigenvalue weighted by Crippen LogP contribution is -2.11. The second-order valence-electron chi connectivity index (χ2n) is 3.94. The first-order valence-corrected chi connectivity index (χ1v) is 6.62. The molecule has 1 aliphatic rings. The van der Waals surface area contributed by atoms with Crippen LogP contribution in [0.2, 0.25) is 0 Å². The van der Waals surface area contributed by atoms with Gasteiger partial charge in [0.2, 0.25) is 0 Å². The molecule has 0 aliphatic heterocycles. The molecule has 80 valence electrons. The van der Waals surface area contributed by atoms with Gasteiger partial charge in [-0.1, -0.05) is 25.3 Å². The number of carbonyl (C=O) groups is 1. The molecule has 14 heavy (non-hydrogen) atoms. The zero-order valence-electron chi connectivity index (χ0n) is 8.84. The third kappa shape index (κ3) is 4.85. The van der Waals surface area contributed by atoms with Crippen LogP contribution in [0.5, 0.6) is 0 Å². The summed E-state index contributed by atoms with van der Waals surface area (Å²) in [6.45, 7) is 3.62. The summed E-state index contributed by atoms with van der Waals surface area (Å²) in [6.07, 6.45) is 10.1. The molecule has 1 rings (SSSR count). The van der Waals surface area contributed by atoms with Gasteiger partial charge in [-0.3, -0.25) is 4.79 Å². The first-order valence-electron chi connectivity index (χ1n) is 5.57. The quantitative estimate of drug-likeness (QED) is 0.626. The lowest BCUT2D eigenvalue weighted by Gasteiger charge is -2.20. The maximum Gasteiger partial charge on any atom is 0.143 e. The molecule has 0 spiro atoms. The number of carbonyl (C=O) groups excluding carboxylic acids is 1. The van der Waals surface area contributed by atoms with E-state index >= 15 is 0 Å². The van der Waals surface area contributed by atoms with Gasteiger partial charge in [0.05, 0.1) is 5.75 Å². The van der Waals surface area contributed by atoms with Crippen LogP contribution < -0.4 is 0 Å². The predicted molar refractivity (Wildman–Crippen MR) is 63.8 cm³/mol. The van der Waals surface area contributed by atoms with E-state index in [0.29, 0.717) is 12.2 Å². The number of hydrogen-bond donors (Lipinski definition) is 0. The highest BCUT2D eigenvalue weighted by Crippen LogP contribution is 2.28. The molecule has 0 aromatic rings. The highest BCUT2D eigenvalue weighted by molar-refractivity contribution is 8.00. The van der Waals surface area contributed by atoms with Crippen molar-refractivity contribution in [1.82, 2.24) is 0 Å². The number of hydrogen-bond acceptors (Lipinski definition) is 2. The average Bonchev–Trinajstić information content (AvgIpc) is 2.25. The van der Waals surface area contributed by atoms with Crippen molar-refractivity contribution in [3.63, 3.8) is 0 Å². The van der Waals surface area contributed by atoms with Gasteiger partial charge in [0.15, 0.2) is 0 Å². The van der Waals surface area contributed by atoms with E-state index in [2.05, 4.69) is 6.58 Å². The lowest BCUT2D eigenvalue weighted by molar-refractivity contribution is -0.116. The third-order valence-electron chi connectivity index (χ3n) is 2.66. The summed E-state index contributed by atoms with van der Waals surface area (Å²) in [5.41, 5.74) is 0. The van der Waals surface area contributed by atoms with Crippen LogP contribution in [0.4, 0.5) is 0 Å².